The van der Waals surface area contributed by atoms with E-state index in [9.17, 15) is 9.50 Å². The zero-order chi connectivity index (χ0) is 13.1. The van der Waals surface area contributed by atoms with Crippen molar-refractivity contribution in [1.29, 1.82) is 0 Å². The Bertz CT molecular complexity index is 559. The maximum atomic E-state index is 13.0. The number of halogens is 3. The second-order valence-electron chi connectivity index (χ2n) is 3.99. The van der Waals surface area contributed by atoms with E-state index in [4.69, 9.17) is 11.6 Å². The molecule has 0 amide bonds. The van der Waals surface area contributed by atoms with E-state index in [-0.39, 0.29) is 5.02 Å². The summed E-state index contributed by atoms with van der Waals surface area (Å²) in [6.45, 7) is 0. The molecular formula is C14H11BrClFO. The summed E-state index contributed by atoms with van der Waals surface area (Å²) in [5, 5.41) is 10.2. The van der Waals surface area contributed by atoms with Crippen LogP contribution in [0.15, 0.2) is 46.9 Å². The Labute approximate surface area is 118 Å². The quantitative estimate of drug-likeness (QED) is 0.878. The number of hydrogen-bond donors (Lipinski definition) is 1. The molecule has 0 radical (unpaired) electrons. The van der Waals surface area contributed by atoms with Crippen LogP contribution in [0, 0.1) is 5.82 Å². The van der Waals surface area contributed by atoms with Gasteiger partial charge in [0, 0.05) is 10.9 Å². The van der Waals surface area contributed by atoms with Gasteiger partial charge in [0.05, 0.1) is 11.1 Å². The highest BCUT2D eigenvalue weighted by Gasteiger charge is 2.12. The monoisotopic (exact) mass is 328 g/mol. The Morgan fingerprint density at radius 1 is 1.22 bits per heavy atom. The van der Waals surface area contributed by atoms with Gasteiger partial charge in [-0.25, -0.2) is 4.39 Å². The molecule has 1 atom stereocenters. The van der Waals surface area contributed by atoms with Crippen LogP contribution in [-0.4, -0.2) is 5.11 Å². The van der Waals surface area contributed by atoms with Gasteiger partial charge in [-0.1, -0.05) is 51.8 Å². The molecule has 2 aromatic rings. The van der Waals surface area contributed by atoms with Gasteiger partial charge >= 0.3 is 0 Å². The van der Waals surface area contributed by atoms with Gasteiger partial charge in [-0.3, -0.25) is 0 Å². The summed E-state index contributed by atoms with van der Waals surface area (Å²) in [6.07, 6.45) is -0.259. The third-order valence-electron chi connectivity index (χ3n) is 2.68. The SMILES string of the molecule is OC(Cc1ccc(F)c(Cl)c1)c1ccccc1Br. The lowest BCUT2D eigenvalue weighted by atomic mass is 10.0. The Kier molecular flexibility index (Phi) is 4.38. The third kappa shape index (κ3) is 3.10. The normalized spacial score (nSPS) is 12.4. The molecule has 4 heteroatoms. The Morgan fingerprint density at radius 2 is 1.94 bits per heavy atom. The maximum Gasteiger partial charge on any atom is 0.141 e. The van der Waals surface area contributed by atoms with Gasteiger partial charge in [0.25, 0.3) is 0 Å². The standard InChI is InChI=1S/C14H11BrClFO/c15-11-4-2-1-3-10(11)14(18)8-9-5-6-13(17)12(16)7-9/h1-7,14,18H,8H2. The predicted octanol–water partition coefficient (Wildman–Crippen LogP) is 4.52. The molecule has 2 rings (SSSR count). The second kappa shape index (κ2) is 5.83. The first kappa shape index (κ1) is 13.5. The highest BCUT2D eigenvalue weighted by molar-refractivity contribution is 9.10. The first-order valence-electron chi connectivity index (χ1n) is 5.44. The molecule has 94 valence electrons. The highest BCUT2D eigenvalue weighted by atomic mass is 79.9. The van der Waals surface area contributed by atoms with Crippen molar-refractivity contribution < 1.29 is 9.50 Å². The molecule has 0 aliphatic carbocycles. The van der Waals surface area contributed by atoms with Crippen LogP contribution >= 0.6 is 27.5 Å². The molecule has 0 aromatic heterocycles. The van der Waals surface area contributed by atoms with E-state index in [1.807, 2.05) is 24.3 Å². The number of benzene rings is 2. The largest absolute Gasteiger partial charge is 0.388 e. The average molecular weight is 330 g/mol. The van der Waals surface area contributed by atoms with Gasteiger partial charge < -0.3 is 5.11 Å². The molecule has 18 heavy (non-hydrogen) atoms. The summed E-state index contributed by atoms with van der Waals surface area (Å²) in [6, 6.07) is 11.9. The summed E-state index contributed by atoms with van der Waals surface area (Å²) in [7, 11) is 0. The fraction of sp³-hybridized carbons (Fsp3) is 0.143. The first-order valence-corrected chi connectivity index (χ1v) is 6.61. The van der Waals surface area contributed by atoms with Crippen LogP contribution in [0.4, 0.5) is 4.39 Å². The Balaban J connectivity index is 2.19. The third-order valence-corrected chi connectivity index (χ3v) is 3.69. The molecule has 0 aliphatic rings. The molecule has 1 N–H and O–H groups in total. The minimum atomic E-state index is -0.651. The predicted molar refractivity (Wildman–Crippen MR) is 74.2 cm³/mol. The van der Waals surface area contributed by atoms with E-state index in [1.165, 1.54) is 12.1 Å². The van der Waals surface area contributed by atoms with Crippen molar-refractivity contribution in [3.63, 3.8) is 0 Å². The van der Waals surface area contributed by atoms with E-state index < -0.39 is 11.9 Å². The van der Waals surface area contributed by atoms with Crippen LogP contribution in [0.1, 0.15) is 17.2 Å². The van der Waals surface area contributed by atoms with E-state index >= 15 is 0 Å². The lowest BCUT2D eigenvalue weighted by Gasteiger charge is -2.13. The van der Waals surface area contributed by atoms with E-state index in [0.29, 0.717) is 6.42 Å². The van der Waals surface area contributed by atoms with Crippen molar-refractivity contribution in [1.82, 2.24) is 0 Å². The lowest BCUT2D eigenvalue weighted by molar-refractivity contribution is 0.177. The Hall–Kier alpha value is -0.900. The van der Waals surface area contributed by atoms with Crippen LogP contribution in [0.25, 0.3) is 0 Å². The number of aliphatic hydroxyl groups is 1. The van der Waals surface area contributed by atoms with Gasteiger partial charge in [0.1, 0.15) is 5.82 Å². The molecule has 1 unspecified atom stereocenters. The summed E-state index contributed by atoms with van der Waals surface area (Å²) in [4.78, 5) is 0. The zero-order valence-electron chi connectivity index (χ0n) is 9.41. The minimum Gasteiger partial charge on any atom is -0.388 e. The van der Waals surface area contributed by atoms with Gasteiger partial charge in [-0.15, -0.1) is 0 Å². The zero-order valence-corrected chi connectivity index (χ0v) is 11.7. The average Bonchev–Trinajstić information content (AvgIpc) is 2.34. The fourth-order valence-corrected chi connectivity index (χ4v) is 2.50. The van der Waals surface area contributed by atoms with E-state index in [2.05, 4.69) is 15.9 Å². The molecule has 0 saturated carbocycles. The first-order chi connectivity index (χ1) is 8.58. The van der Waals surface area contributed by atoms with Crippen LogP contribution in [0.3, 0.4) is 0 Å². The number of aliphatic hydroxyl groups excluding tert-OH is 1. The highest BCUT2D eigenvalue weighted by Crippen LogP contribution is 2.27. The van der Waals surface area contributed by atoms with E-state index in [0.717, 1.165) is 15.6 Å². The summed E-state index contributed by atoms with van der Waals surface area (Å²) >= 11 is 9.10. The molecule has 2 aromatic carbocycles. The molecule has 0 bridgehead atoms. The number of rotatable bonds is 3. The summed E-state index contributed by atoms with van der Waals surface area (Å²) < 4.78 is 13.9. The van der Waals surface area contributed by atoms with Crippen molar-refractivity contribution in [3.8, 4) is 0 Å². The van der Waals surface area contributed by atoms with Crippen molar-refractivity contribution in [2.24, 2.45) is 0 Å². The molecule has 0 spiro atoms. The van der Waals surface area contributed by atoms with Crippen molar-refractivity contribution in [3.05, 3.63) is 68.9 Å². The lowest BCUT2D eigenvalue weighted by Crippen LogP contribution is -2.02. The van der Waals surface area contributed by atoms with Crippen LogP contribution in [-0.2, 0) is 6.42 Å². The molecule has 0 fully saturated rings. The maximum absolute atomic E-state index is 13.0. The molecule has 0 aliphatic heterocycles. The summed E-state index contributed by atoms with van der Waals surface area (Å²) in [5.41, 5.74) is 1.60. The van der Waals surface area contributed by atoms with E-state index in [1.54, 1.807) is 6.07 Å². The van der Waals surface area contributed by atoms with Crippen LogP contribution < -0.4 is 0 Å². The smallest absolute Gasteiger partial charge is 0.141 e. The van der Waals surface area contributed by atoms with Gasteiger partial charge in [-0.2, -0.15) is 0 Å². The number of hydrogen-bond acceptors (Lipinski definition) is 1. The molecular weight excluding hydrogens is 319 g/mol. The topological polar surface area (TPSA) is 20.2 Å². The summed E-state index contributed by atoms with van der Waals surface area (Å²) in [5.74, 6) is -0.448. The fourth-order valence-electron chi connectivity index (χ4n) is 1.75. The van der Waals surface area contributed by atoms with Crippen molar-refractivity contribution >= 4 is 27.5 Å². The van der Waals surface area contributed by atoms with Gasteiger partial charge in [-0.05, 0) is 29.3 Å². The minimum absolute atomic E-state index is 0.0758. The van der Waals surface area contributed by atoms with Gasteiger partial charge in [0.2, 0.25) is 0 Å². The Morgan fingerprint density at radius 3 is 2.61 bits per heavy atom. The van der Waals surface area contributed by atoms with Crippen molar-refractivity contribution in [2.45, 2.75) is 12.5 Å². The van der Waals surface area contributed by atoms with Crippen LogP contribution in [0.2, 0.25) is 5.02 Å². The molecule has 1 nitrogen and oxygen atoms in total. The molecule has 0 heterocycles. The second-order valence-corrected chi connectivity index (χ2v) is 5.25. The molecule has 0 saturated heterocycles. The van der Waals surface area contributed by atoms with Crippen LogP contribution in [0.5, 0.6) is 0 Å². The van der Waals surface area contributed by atoms with Crippen molar-refractivity contribution in [2.75, 3.05) is 0 Å². The van der Waals surface area contributed by atoms with Gasteiger partial charge in [0.15, 0.2) is 0 Å².